The molecular weight excluding hydrogens is 318 g/mol. The average molecular weight is 345 g/mol. The van der Waals surface area contributed by atoms with Crippen LogP contribution in [0.5, 0.6) is 5.75 Å². The number of piperazine rings is 1. The Labute approximate surface area is 149 Å². The first-order valence-electron chi connectivity index (χ1n) is 9.02. The lowest BCUT2D eigenvalue weighted by atomic mass is 10.0. The minimum absolute atomic E-state index is 0.0117. The van der Waals surface area contributed by atoms with Crippen LogP contribution in [0.2, 0.25) is 0 Å². The monoisotopic (exact) mass is 345 g/mol. The second kappa shape index (κ2) is 7.87. The molecule has 6 nitrogen and oxygen atoms in total. The van der Waals surface area contributed by atoms with Crippen molar-refractivity contribution in [2.45, 2.75) is 25.3 Å². The molecule has 2 aliphatic rings. The second-order valence-corrected chi connectivity index (χ2v) is 6.84. The van der Waals surface area contributed by atoms with Crippen molar-refractivity contribution >= 4 is 11.8 Å². The standard InChI is InChI=1S/C19H27N3O3/c1-20-10-4-3-5-17(20)19(24)22-13-11-21(12-14-22)18(23)15-6-8-16(25-2)9-7-15/h6-9,17H,3-5,10-14H2,1-2H3. The number of likely N-dealkylation sites (N-methyl/N-ethyl adjacent to an activating group) is 1. The van der Waals surface area contributed by atoms with Gasteiger partial charge in [0.25, 0.3) is 5.91 Å². The molecule has 1 atom stereocenters. The number of carbonyl (C=O) groups excluding carboxylic acids is 2. The zero-order valence-electron chi connectivity index (χ0n) is 15.1. The van der Waals surface area contributed by atoms with Gasteiger partial charge in [-0.2, -0.15) is 0 Å². The average Bonchev–Trinajstić information content (AvgIpc) is 2.67. The van der Waals surface area contributed by atoms with Gasteiger partial charge >= 0.3 is 0 Å². The fourth-order valence-corrected chi connectivity index (χ4v) is 3.64. The summed E-state index contributed by atoms with van der Waals surface area (Å²) in [5.74, 6) is 0.979. The molecule has 1 aromatic carbocycles. The number of methoxy groups -OCH3 is 1. The van der Waals surface area contributed by atoms with Crippen molar-refractivity contribution < 1.29 is 14.3 Å². The van der Waals surface area contributed by atoms with Crippen LogP contribution in [0, 0.1) is 0 Å². The van der Waals surface area contributed by atoms with E-state index in [2.05, 4.69) is 4.90 Å². The molecule has 2 aliphatic heterocycles. The maximum Gasteiger partial charge on any atom is 0.253 e. The summed E-state index contributed by atoms with van der Waals surface area (Å²) in [6.45, 7) is 3.41. The van der Waals surface area contributed by atoms with Crippen molar-refractivity contribution in [1.82, 2.24) is 14.7 Å². The molecule has 0 aromatic heterocycles. The van der Waals surface area contributed by atoms with Crippen LogP contribution in [0.25, 0.3) is 0 Å². The number of amides is 2. The lowest BCUT2D eigenvalue weighted by molar-refractivity contribution is -0.139. The van der Waals surface area contributed by atoms with Gasteiger partial charge in [0.15, 0.2) is 0 Å². The van der Waals surface area contributed by atoms with E-state index in [1.165, 1.54) is 6.42 Å². The highest BCUT2D eigenvalue weighted by Gasteiger charge is 2.32. The van der Waals surface area contributed by atoms with Crippen LogP contribution in [-0.2, 0) is 4.79 Å². The third-order valence-corrected chi connectivity index (χ3v) is 5.27. The Morgan fingerprint density at radius 2 is 1.60 bits per heavy atom. The molecule has 1 aromatic rings. The van der Waals surface area contributed by atoms with E-state index in [1.54, 1.807) is 31.4 Å². The Kier molecular flexibility index (Phi) is 5.58. The molecule has 6 heteroatoms. The number of benzene rings is 1. The summed E-state index contributed by atoms with van der Waals surface area (Å²) in [6.07, 6.45) is 3.24. The summed E-state index contributed by atoms with van der Waals surface area (Å²) < 4.78 is 5.13. The van der Waals surface area contributed by atoms with E-state index in [1.807, 2.05) is 16.8 Å². The van der Waals surface area contributed by atoms with Gasteiger partial charge in [0, 0.05) is 31.7 Å². The van der Waals surface area contributed by atoms with E-state index in [0.29, 0.717) is 31.7 Å². The van der Waals surface area contributed by atoms with Gasteiger partial charge in [-0.1, -0.05) is 6.42 Å². The summed E-state index contributed by atoms with van der Waals surface area (Å²) in [5, 5.41) is 0. The third-order valence-electron chi connectivity index (χ3n) is 5.27. The van der Waals surface area contributed by atoms with Gasteiger partial charge in [-0.3, -0.25) is 14.5 Å². The number of hydrogen-bond donors (Lipinski definition) is 0. The summed E-state index contributed by atoms with van der Waals surface area (Å²) in [7, 11) is 3.64. The number of hydrogen-bond acceptors (Lipinski definition) is 4. The van der Waals surface area contributed by atoms with Crippen LogP contribution in [0.15, 0.2) is 24.3 Å². The Hall–Kier alpha value is -2.08. The molecule has 25 heavy (non-hydrogen) atoms. The van der Waals surface area contributed by atoms with Crippen LogP contribution in [0.3, 0.4) is 0 Å². The molecule has 0 radical (unpaired) electrons. The van der Waals surface area contributed by atoms with E-state index >= 15 is 0 Å². The number of nitrogens with zero attached hydrogens (tertiary/aromatic N) is 3. The Bertz CT molecular complexity index is 609. The molecule has 0 bridgehead atoms. The summed E-state index contributed by atoms with van der Waals surface area (Å²) >= 11 is 0. The highest BCUT2D eigenvalue weighted by Crippen LogP contribution is 2.19. The smallest absolute Gasteiger partial charge is 0.253 e. The van der Waals surface area contributed by atoms with Crippen LogP contribution in [0.4, 0.5) is 0 Å². The molecule has 0 saturated carbocycles. The van der Waals surface area contributed by atoms with Crippen molar-refractivity contribution in [3.05, 3.63) is 29.8 Å². The van der Waals surface area contributed by atoms with Gasteiger partial charge in [-0.05, 0) is 50.7 Å². The maximum atomic E-state index is 12.7. The Morgan fingerprint density at radius 3 is 2.20 bits per heavy atom. The number of likely N-dealkylation sites (tertiary alicyclic amines) is 1. The van der Waals surface area contributed by atoms with E-state index in [-0.39, 0.29) is 17.9 Å². The molecule has 0 aliphatic carbocycles. The summed E-state index contributed by atoms with van der Waals surface area (Å²) in [5.41, 5.74) is 0.660. The molecule has 0 N–H and O–H groups in total. The van der Waals surface area contributed by atoms with Crippen molar-refractivity contribution in [3.63, 3.8) is 0 Å². The van der Waals surface area contributed by atoms with Gasteiger partial charge in [-0.25, -0.2) is 0 Å². The first-order valence-corrected chi connectivity index (χ1v) is 9.02. The second-order valence-electron chi connectivity index (χ2n) is 6.84. The van der Waals surface area contributed by atoms with Crippen LogP contribution >= 0.6 is 0 Å². The van der Waals surface area contributed by atoms with Crippen molar-refractivity contribution in [1.29, 1.82) is 0 Å². The topological polar surface area (TPSA) is 53.1 Å². The van der Waals surface area contributed by atoms with Crippen LogP contribution in [0.1, 0.15) is 29.6 Å². The minimum atomic E-state index is 0.0117. The highest BCUT2D eigenvalue weighted by molar-refractivity contribution is 5.94. The predicted octanol–water partition coefficient (Wildman–Crippen LogP) is 1.46. The number of piperidine rings is 1. The zero-order valence-corrected chi connectivity index (χ0v) is 15.1. The summed E-state index contributed by atoms with van der Waals surface area (Å²) in [4.78, 5) is 31.3. The predicted molar refractivity (Wildman–Crippen MR) is 95.7 cm³/mol. The van der Waals surface area contributed by atoms with Crippen molar-refractivity contribution in [2.75, 3.05) is 46.9 Å². The van der Waals surface area contributed by atoms with Crippen molar-refractivity contribution in [3.8, 4) is 5.75 Å². The molecule has 2 amide bonds. The van der Waals surface area contributed by atoms with Crippen LogP contribution < -0.4 is 4.74 Å². The lowest BCUT2D eigenvalue weighted by Crippen LogP contribution is -2.56. The van der Waals surface area contributed by atoms with E-state index in [4.69, 9.17) is 4.74 Å². The molecule has 2 saturated heterocycles. The lowest BCUT2D eigenvalue weighted by Gasteiger charge is -2.39. The Balaban J connectivity index is 1.55. The molecule has 1 unspecified atom stereocenters. The molecular formula is C19H27N3O3. The number of carbonyl (C=O) groups is 2. The van der Waals surface area contributed by atoms with Gasteiger partial charge in [-0.15, -0.1) is 0 Å². The molecule has 3 rings (SSSR count). The van der Waals surface area contributed by atoms with Gasteiger partial charge < -0.3 is 14.5 Å². The number of ether oxygens (including phenoxy) is 1. The quantitative estimate of drug-likeness (QED) is 0.832. The molecule has 2 heterocycles. The largest absolute Gasteiger partial charge is 0.497 e. The van der Waals surface area contributed by atoms with E-state index in [9.17, 15) is 9.59 Å². The van der Waals surface area contributed by atoms with Crippen molar-refractivity contribution in [2.24, 2.45) is 0 Å². The zero-order chi connectivity index (χ0) is 17.8. The molecule has 136 valence electrons. The van der Waals surface area contributed by atoms with E-state index < -0.39 is 0 Å². The fourth-order valence-electron chi connectivity index (χ4n) is 3.64. The first-order chi connectivity index (χ1) is 12.1. The minimum Gasteiger partial charge on any atom is -0.497 e. The summed E-state index contributed by atoms with van der Waals surface area (Å²) in [6, 6.07) is 7.18. The molecule has 0 spiro atoms. The highest BCUT2D eigenvalue weighted by atomic mass is 16.5. The van der Waals surface area contributed by atoms with Gasteiger partial charge in [0.05, 0.1) is 13.2 Å². The van der Waals surface area contributed by atoms with E-state index in [0.717, 1.165) is 25.1 Å². The number of rotatable bonds is 3. The Morgan fingerprint density at radius 1 is 0.960 bits per heavy atom. The normalized spacial score (nSPS) is 21.9. The SMILES string of the molecule is COc1ccc(C(=O)N2CCN(C(=O)C3CCCCN3C)CC2)cc1. The first kappa shape index (κ1) is 17.7. The maximum absolute atomic E-state index is 12.7. The fraction of sp³-hybridized carbons (Fsp3) is 0.579. The molecule has 2 fully saturated rings. The third kappa shape index (κ3) is 3.95. The van der Waals surface area contributed by atoms with Crippen LogP contribution in [-0.4, -0.2) is 79.4 Å². The van der Waals surface area contributed by atoms with Gasteiger partial charge in [0.2, 0.25) is 5.91 Å². The van der Waals surface area contributed by atoms with Gasteiger partial charge in [0.1, 0.15) is 5.75 Å².